The lowest BCUT2D eigenvalue weighted by atomic mass is 10.1. The van der Waals surface area contributed by atoms with E-state index in [1.54, 1.807) is 50.2 Å². The minimum atomic E-state index is -3.81. The predicted octanol–water partition coefficient (Wildman–Crippen LogP) is 4.32. The fourth-order valence-electron chi connectivity index (χ4n) is 4.17. The minimum absolute atomic E-state index is 0.0576. The van der Waals surface area contributed by atoms with Gasteiger partial charge >= 0.3 is 0 Å². The molecule has 8 heteroatoms. The number of carbonyl (C=O) groups is 1. The summed E-state index contributed by atoms with van der Waals surface area (Å²) >= 11 is 6.11. The first kappa shape index (κ1) is 23.1. The van der Waals surface area contributed by atoms with E-state index in [0.29, 0.717) is 33.9 Å². The molecule has 4 rings (SSSR count). The number of carbonyl (C=O) groups excluding carboxylic acids is 1. The third-order valence-electron chi connectivity index (χ3n) is 6.20. The molecule has 0 aromatic heterocycles. The highest BCUT2D eigenvalue weighted by molar-refractivity contribution is 7.92. The molecule has 32 heavy (non-hydrogen) atoms. The summed E-state index contributed by atoms with van der Waals surface area (Å²) in [5, 5.41) is 0.530. The molecular weight excluding hydrogens is 446 g/mol. The van der Waals surface area contributed by atoms with Gasteiger partial charge < -0.3 is 9.80 Å². The molecule has 1 saturated carbocycles. The number of benzene rings is 2. The molecular formula is C24H30ClN3O3S. The van der Waals surface area contributed by atoms with E-state index >= 15 is 0 Å². The number of rotatable bonds is 6. The number of hydrogen-bond acceptors (Lipinski definition) is 4. The fraction of sp³-hybridized carbons (Fsp3) is 0.458. The van der Waals surface area contributed by atoms with Crippen molar-refractivity contribution < 1.29 is 13.2 Å². The predicted molar refractivity (Wildman–Crippen MR) is 128 cm³/mol. The lowest BCUT2D eigenvalue weighted by molar-refractivity contribution is 0.0761. The number of anilines is 1. The average Bonchev–Trinajstić information content (AvgIpc) is 3.58. The maximum Gasteiger partial charge on any atom is 0.262 e. The van der Waals surface area contributed by atoms with Crippen molar-refractivity contribution in [1.29, 1.82) is 0 Å². The number of halogens is 1. The topological polar surface area (TPSA) is 69.7 Å². The molecule has 172 valence electrons. The number of nitrogens with one attached hydrogen (secondary N) is 1. The Morgan fingerprint density at radius 2 is 1.84 bits per heavy atom. The molecule has 1 amide bonds. The molecule has 6 nitrogen and oxygen atoms in total. The van der Waals surface area contributed by atoms with Crippen LogP contribution in [0.2, 0.25) is 5.02 Å². The van der Waals surface area contributed by atoms with E-state index in [1.807, 2.05) is 4.90 Å². The van der Waals surface area contributed by atoms with Gasteiger partial charge in [-0.1, -0.05) is 17.7 Å². The Hall–Kier alpha value is -2.09. The van der Waals surface area contributed by atoms with Gasteiger partial charge in [0.05, 0.1) is 4.90 Å². The van der Waals surface area contributed by atoms with Crippen molar-refractivity contribution in [2.75, 3.05) is 37.4 Å². The monoisotopic (exact) mass is 475 g/mol. The SMILES string of the molecule is Cc1cc(S(=O)(=O)Nc2cccc(C(=O)N3CCCN(CC4CC4)CC3)c2)c(C)cc1Cl. The molecule has 0 bridgehead atoms. The molecule has 1 aliphatic carbocycles. The fourth-order valence-corrected chi connectivity index (χ4v) is 5.75. The van der Waals surface area contributed by atoms with Crippen molar-refractivity contribution in [3.63, 3.8) is 0 Å². The van der Waals surface area contributed by atoms with Crippen LogP contribution in [0.3, 0.4) is 0 Å². The Morgan fingerprint density at radius 1 is 1.06 bits per heavy atom. The van der Waals surface area contributed by atoms with Gasteiger partial charge in [-0.05, 0) is 87.0 Å². The molecule has 0 spiro atoms. The number of amides is 1. The van der Waals surface area contributed by atoms with Crippen LogP contribution in [0.25, 0.3) is 0 Å². The van der Waals surface area contributed by atoms with Gasteiger partial charge in [-0.3, -0.25) is 9.52 Å². The lowest BCUT2D eigenvalue weighted by Crippen LogP contribution is -2.35. The van der Waals surface area contributed by atoms with Crippen LogP contribution in [-0.4, -0.2) is 56.8 Å². The molecule has 2 fully saturated rings. The standard InChI is InChI=1S/C24H30ClN3O3S/c1-17-14-23(18(2)13-22(17)25)32(30,31)26-21-6-3-5-20(15-21)24(29)28-10-4-9-27(11-12-28)16-19-7-8-19/h3,5-6,13-15,19,26H,4,7-12,16H2,1-2H3. The Kier molecular flexibility index (Phi) is 6.79. The van der Waals surface area contributed by atoms with Crippen LogP contribution in [-0.2, 0) is 10.0 Å². The second kappa shape index (κ2) is 9.41. The highest BCUT2D eigenvalue weighted by Crippen LogP contribution is 2.30. The second-order valence-corrected chi connectivity index (χ2v) is 11.0. The normalized spacial score (nSPS) is 17.8. The first-order valence-corrected chi connectivity index (χ1v) is 13.0. The van der Waals surface area contributed by atoms with Gasteiger partial charge in [-0.25, -0.2) is 8.42 Å². The van der Waals surface area contributed by atoms with Crippen molar-refractivity contribution in [3.05, 3.63) is 58.1 Å². The van der Waals surface area contributed by atoms with Crippen molar-refractivity contribution in [2.45, 2.75) is 38.0 Å². The quantitative estimate of drug-likeness (QED) is 0.675. The maximum atomic E-state index is 13.1. The summed E-state index contributed by atoms with van der Waals surface area (Å²) in [6.45, 7) is 7.97. The molecule has 0 radical (unpaired) electrons. The molecule has 2 aromatic rings. The van der Waals surface area contributed by atoms with Crippen molar-refractivity contribution >= 4 is 33.2 Å². The summed E-state index contributed by atoms with van der Waals surface area (Å²) in [5.41, 5.74) is 2.12. The first-order valence-electron chi connectivity index (χ1n) is 11.1. The van der Waals surface area contributed by atoms with E-state index in [4.69, 9.17) is 11.6 Å². The van der Waals surface area contributed by atoms with E-state index in [9.17, 15) is 13.2 Å². The van der Waals surface area contributed by atoms with Crippen molar-refractivity contribution in [1.82, 2.24) is 9.80 Å². The van der Waals surface area contributed by atoms with E-state index in [-0.39, 0.29) is 10.8 Å². The van der Waals surface area contributed by atoms with Crippen LogP contribution in [0.5, 0.6) is 0 Å². The largest absolute Gasteiger partial charge is 0.337 e. The van der Waals surface area contributed by atoms with E-state index in [0.717, 1.165) is 38.5 Å². The van der Waals surface area contributed by atoms with Crippen LogP contribution < -0.4 is 4.72 Å². The van der Waals surface area contributed by atoms with Crippen LogP contribution >= 0.6 is 11.6 Å². The zero-order valence-corrected chi connectivity index (χ0v) is 20.2. The molecule has 1 aliphatic heterocycles. The number of nitrogens with zero attached hydrogens (tertiary/aromatic N) is 2. The number of aryl methyl sites for hydroxylation is 2. The molecule has 2 aromatic carbocycles. The smallest absolute Gasteiger partial charge is 0.262 e. The van der Waals surface area contributed by atoms with Gasteiger partial charge in [-0.2, -0.15) is 0 Å². The summed E-state index contributed by atoms with van der Waals surface area (Å²) in [4.78, 5) is 17.7. The Bertz CT molecular complexity index is 1120. The summed E-state index contributed by atoms with van der Waals surface area (Å²) in [6.07, 6.45) is 3.62. The van der Waals surface area contributed by atoms with E-state index in [1.165, 1.54) is 12.8 Å². The molecule has 1 saturated heterocycles. The van der Waals surface area contributed by atoms with E-state index in [2.05, 4.69) is 9.62 Å². The zero-order valence-electron chi connectivity index (χ0n) is 18.6. The molecule has 2 aliphatic rings. The van der Waals surface area contributed by atoms with Crippen LogP contribution in [0.15, 0.2) is 41.3 Å². The summed E-state index contributed by atoms with van der Waals surface area (Å²) in [5.74, 6) is 0.785. The molecule has 0 atom stereocenters. The molecule has 0 unspecified atom stereocenters. The molecule has 1 N–H and O–H groups in total. The summed E-state index contributed by atoms with van der Waals surface area (Å²) in [7, 11) is -3.81. The average molecular weight is 476 g/mol. The Morgan fingerprint density at radius 3 is 2.59 bits per heavy atom. The van der Waals surface area contributed by atoms with Gasteiger partial charge in [0.15, 0.2) is 0 Å². The molecule has 1 heterocycles. The Balaban J connectivity index is 1.47. The van der Waals surface area contributed by atoms with Crippen molar-refractivity contribution in [2.24, 2.45) is 5.92 Å². The number of sulfonamides is 1. The minimum Gasteiger partial charge on any atom is -0.337 e. The highest BCUT2D eigenvalue weighted by atomic mass is 35.5. The summed E-state index contributed by atoms with van der Waals surface area (Å²) in [6, 6.07) is 9.95. The van der Waals surface area contributed by atoms with Crippen molar-refractivity contribution in [3.8, 4) is 0 Å². The lowest BCUT2D eigenvalue weighted by Gasteiger charge is -2.22. The first-order chi connectivity index (χ1) is 15.2. The third kappa shape index (κ3) is 5.45. The Labute approximate surface area is 195 Å². The van der Waals surface area contributed by atoms with Gasteiger partial charge in [0, 0.05) is 42.5 Å². The zero-order chi connectivity index (χ0) is 22.9. The van der Waals surface area contributed by atoms with E-state index < -0.39 is 10.0 Å². The maximum absolute atomic E-state index is 13.1. The number of hydrogen-bond donors (Lipinski definition) is 1. The van der Waals surface area contributed by atoms with Gasteiger partial charge in [-0.15, -0.1) is 0 Å². The van der Waals surface area contributed by atoms with Gasteiger partial charge in [0.2, 0.25) is 0 Å². The van der Waals surface area contributed by atoms with Gasteiger partial charge in [0.25, 0.3) is 15.9 Å². The summed E-state index contributed by atoms with van der Waals surface area (Å²) < 4.78 is 28.6. The highest BCUT2D eigenvalue weighted by Gasteiger charge is 2.27. The third-order valence-corrected chi connectivity index (χ3v) is 8.13. The van der Waals surface area contributed by atoms with Crippen LogP contribution in [0, 0.1) is 19.8 Å². The van der Waals surface area contributed by atoms with Crippen LogP contribution in [0.4, 0.5) is 5.69 Å². The van der Waals surface area contributed by atoms with Crippen LogP contribution in [0.1, 0.15) is 40.7 Å². The second-order valence-electron chi connectivity index (χ2n) is 8.94. The van der Waals surface area contributed by atoms with Gasteiger partial charge in [0.1, 0.15) is 0 Å².